The summed E-state index contributed by atoms with van der Waals surface area (Å²) in [5.41, 5.74) is 0.614. The van der Waals surface area contributed by atoms with Crippen molar-refractivity contribution in [3.8, 4) is 0 Å². The van der Waals surface area contributed by atoms with Crippen LogP contribution < -0.4 is 5.32 Å². The Balaban J connectivity index is 1.91. The molecule has 14 heavy (non-hydrogen) atoms. The lowest BCUT2D eigenvalue weighted by molar-refractivity contribution is -0.116. The number of hydrogen-bond donors (Lipinski definition) is 2. The lowest BCUT2D eigenvalue weighted by Gasteiger charge is -2.00. The monoisotopic (exact) mass is 193 g/mol. The van der Waals surface area contributed by atoms with Crippen LogP contribution in [0, 0.1) is 0 Å². The number of amides is 1. The molecule has 0 aliphatic rings. The van der Waals surface area contributed by atoms with Crippen molar-refractivity contribution >= 4 is 11.6 Å². The molecule has 2 aromatic heterocycles. The van der Waals surface area contributed by atoms with Crippen molar-refractivity contribution in [2.24, 2.45) is 0 Å². The highest BCUT2D eigenvalue weighted by Gasteiger charge is 2.04. The van der Waals surface area contributed by atoms with E-state index in [-0.39, 0.29) is 12.5 Å². The summed E-state index contributed by atoms with van der Waals surface area (Å²) in [7, 11) is 0. The van der Waals surface area contributed by atoms with Gasteiger partial charge in [-0.25, -0.2) is 4.68 Å². The maximum atomic E-state index is 11.3. The summed E-state index contributed by atoms with van der Waals surface area (Å²) < 4.78 is 1.33. The fraction of sp³-hybridized carbons (Fsp3) is 0.167. The number of rotatable bonds is 3. The number of aromatic amines is 1. The van der Waals surface area contributed by atoms with Crippen molar-refractivity contribution in [1.82, 2.24) is 30.4 Å². The van der Waals surface area contributed by atoms with Crippen LogP contribution in [0.15, 0.2) is 18.7 Å². The zero-order valence-corrected chi connectivity index (χ0v) is 7.08. The van der Waals surface area contributed by atoms with Gasteiger partial charge in [-0.15, -0.1) is 5.10 Å². The summed E-state index contributed by atoms with van der Waals surface area (Å²) in [5.74, 6) is -0.210. The van der Waals surface area contributed by atoms with E-state index in [9.17, 15) is 4.79 Å². The molecule has 0 aliphatic carbocycles. The van der Waals surface area contributed by atoms with Gasteiger partial charge in [-0.05, 0) is 10.4 Å². The second-order valence-electron chi connectivity index (χ2n) is 2.54. The molecule has 72 valence electrons. The predicted molar refractivity (Wildman–Crippen MR) is 45.0 cm³/mol. The Morgan fingerprint density at radius 1 is 1.64 bits per heavy atom. The average molecular weight is 193 g/mol. The first kappa shape index (κ1) is 8.35. The number of H-pyrrole nitrogens is 1. The molecule has 0 saturated heterocycles. The van der Waals surface area contributed by atoms with E-state index in [1.165, 1.54) is 17.2 Å². The number of carbonyl (C=O) groups excluding carboxylic acids is 1. The van der Waals surface area contributed by atoms with Crippen LogP contribution in [0.25, 0.3) is 0 Å². The zero-order valence-electron chi connectivity index (χ0n) is 7.08. The minimum Gasteiger partial charge on any atom is -0.322 e. The lowest BCUT2D eigenvalue weighted by Crippen LogP contribution is -2.18. The fourth-order valence-corrected chi connectivity index (χ4v) is 0.920. The Labute approximate surface area is 78.3 Å². The quantitative estimate of drug-likeness (QED) is 0.653. The van der Waals surface area contributed by atoms with Crippen LogP contribution in [-0.4, -0.2) is 36.3 Å². The Kier molecular flexibility index (Phi) is 2.17. The number of nitrogens with one attached hydrogen (secondary N) is 2. The van der Waals surface area contributed by atoms with Gasteiger partial charge in [0.25, 0.3) is 0 Å². The van der Waals surface area contributed by atoms with E-state index in [1.807, 2.05) is 0 Å². The maximum Gasteiger partial charge on any atom is 0.246 e. The van der Waals surface area contributed by atoms with Crippen molar-refractivity contribution in [3.63, 3.8) is 0 Å². The summed E-state index contributed by atoms with van der Waals surface area (Å²) in [4.78, 5) is 11.3. The molecule has 0 bridgehead atoms. The predicted octanol–water partition coefficient (Wildman–Crippen LogP) is -0.965. The largest absolute Gasteiger partial charge is 0.322 e. The molecular formula is C6H7N7O. The van der Waals surface area contributed by atoms with Crippen LogP contribution in [0.4, 0.5) is 5.69 Å². The third-order valence-corrected chi connectivity index (χ3v) is 1.48. The van der Waals surface area contributed by atoms with Gasteiger partial charge in [-0.3, -0.25) is 9.89 Å². The first-order valence-electron chi connectivity index (χ1n) is 3.84. The third kappa shape index (κ3) is 1.91. The molecule has 0 spiro atoms. The van der Waals surface area contributed by atoms with Crippen LogP contribution in [0.5, 0.6) is 0 Å². The van der Waals surface area contributed by atoms with Crippen molar-refractivity contribution in [1.29, 1.82) is 0 Å². The van der Waals surface area contributed by atoms with Crippen molar-refractivity contribution in [2.75, 3.05) is 5.32 Å². The molecule has 0 aliphatic heterocycles. The highest BCUT2D eigenvalue weighted by molar-refractivity contribution is 5.90. The molecule has 2 rings (SSSR count). The first-order chi connectivity index (χ1) is 6.84. The Morgan fingerprint density at radius 2 is 2.57 bits per heavy atom. The summed E-state index contributed by atoms with van der Waals surface area (Å²) in [6, 6.07) is 0. The van der Waals surface area contributed by atoms with E-state index in [4.69, 9.17) is 0 Å². The van der Waals surface area contributed by atoms with Crippen LogP contribution in [-0.2, 0) is 11.3 Å². The molecule has 0 unspecified atom stereocenters. The van der Waals surface area contributed by atoms with Crippen molar-refractivity contribution < 1.29 is 4.79 Å². The number of hydrogen-bond acceptors (Lipinski definition) is 5. The maximum absolute atomic E-state index is 11.3. The number of anilines is 1. The van der Waals surface area contributed by atoms with Crippen LogP contribution >= 0.6 is 0 Å². The van der Waals surface area contributed by atoms with Crippen molar-refractivity contribution in [2.45, 2.75) is 6.54 Å². The smallest absolute Gasteiger partial charge is 0.246 e. The van der Waals surface area contributed by atoms with E-state index in [0.29, 0.717) is 5.69 Å². The van der Waals surface area contributed by atoms with E-state index in [0.717, 1.165) is 0 Å². The second kappa shape index (κ2) is 3.64. The Bertz CT molecular complexity index is 354. The number of aromatic nitrogens is 6. The standard InChI is InChI=1S/C6H7N7O/c14-6(3-13-4-9-11-12-13)10-5-1-7-8-2-5/h1-2,4H,3H2,(H,7,8)(H,10,14). The average Bonchev–Trinajstić information content (AvgIpc) is 2.76. The van der Waals surface area contributed by atoms with Gasteiger partial charge in [0, 0.05) is 6.20 Å². The Morgan fingerprint density at radius 3 is 3.21 bits per heavy atom. The molecule has 2 aromatic rings. The fourth-order valence-electron chi connectivity index (χ4n) is 0.920. The number of tetrazole rings is 1. The van der Waals surface area contributed by atoms with Gasteiger partial charge in [-0.2, -0.15) is 5.10 Å². The molecule has 1 amide bonds. The van der Waals surface area contributed by atoms with Gasteiger partial charge in [0.15, 0.2) is 0 Å². The summed E-state index contributed by atoms with van der Waals surface area (Å²) in [6.45, 7) is 0.0815. The van der Waals surface area contributed by atoms with Gasteiger partial charge in [0.2, 0.25) is 5.91 Å². The zero-order chi connectivity index (χ0) is 9.80. The van der Waals surface area contributed by atoms with E-state index in [1.54, 1.807) is 6.20 Å². The molecule has 2 heterocycles. The molecule has 0 saturated carbocycles. The molecule has 0 aromatic carbocycles. The SMILES string of the molecule is O=C(Cn1cnnn1)Nc1cn[nH]c1. The third-order valence-electron chi connectivity index (χ3n) is 1.48. The molecule has 8 nitrogen and oxygen atoms in total. The highest BCUT2D eigenvalue weighted by Crippen LogP contribution is 2.00. The molecule has 0 atom stereocenters. The minimum atomic E-state index is -0.210. The van der Waals surface area contributed by atoms with Crippen LogP contribution in [0.3, 0.4) is 0 Å². The van der Waals surface area contributed by atoms with Gasteiger partial charge in [-0.1, -0.05) is 0 Å². The van der Waals surface area contributed by atoms with E-state index in [2.05, 4.69) is 31.0 Å². The molecular weight excluding hydrogens is 186 g/mol. The van der Waals surface area contributed by atoms with Crippen molar-refractivity contribution in [3.05, 3.63) is 18.7 Å². The normalized spacial score (nSPS) is 10.0. The first-order valence-corrected chi connectivity index (χ1v) is 3.84. The lowest BCUT2D eigenvalue weighted by atomic mass is 10.5. The van der Waals surface area contributed by atoms with Crippen LogP contribution in [0.1, 0.15) is 0 Å². The number of carbonyl (C=O) groups is 1. The van der Waals surface area contributed by atoms with Gasteiger partial charge >= 0.3 is 0 Å². The second-order valence-corrected chi connectivity index (χ2v) is 2.54. The van der Waals surface area contributed by atoms with Gasteiger partial charge in [0.1, 0.15) is 12.9 Å². The summed E-state index contributed by atoms with van der Waals surface area (Å²) in [5, 5.41) is 19.2. The molecule has 0 radical (unpaired) electrons. The number of nitrogens with zero attached hydrogens (tertiary/aromatic N) is 5. The van der Waals surface area contributed by atoms with E-state index >= 15 is 0 Å². The summed E-state index contributed by atoms with van der Waals surface area (Å²) >= 11 is 0. The molecule has 8 heteroatoms. The molecule has 0 fully saturated rings. The summed E-state index contributed by atoms with van der Waals surface area (Å²) in [6.07, 6.45) is 4.46. The van der Waals surface area contributed by atoms with Gasteiger partial charge < -0.3 is 5.32 Å². The highest BCUT2D eigenvalue weighted by atomic mass is 16.2. The van der Waals surface area contributed by atoms with E-state index < -0.39 is 0 Å². The Hall–Kier alpha value is -2.25. The minimum absolute atomic E-state index is 0.0815. The molecule has 2 N–H and O–H groups in total. The van der Waals surface area contributed by atoms with Gasteiger partial charge in [0.05, 0.1) is 11.9 Å². The topological polar surface area (TPSA) is 101 Å². The van der Waals surface area contributed by atoms with Crippen LogP contribution in [0.2, 0.25) is 0 Å².